The van der Waals surface area contributed by atoms with E-state index < -0.39 is 0 Å². The van der Waals surface area contributed by atoms with Crippen LogP contribution in [-0.2, 0) is 13.0 Å². The summed E-state index contributed by atoms with van der Waals surface area (Å²) in [6.07, 6.45) is 3.19. The highest BCUT2D eigenvalue weighted by Gasteiger charge is 2.16. The van der Waals surface area contributed by atoms with Crippen LogP contribution in [0.2, 0.25) is 0 Å². The van der Waals surface area contributed by atoms with E-state index in [1.807, 2.05) is 0 Å². The van der Waals surface area contributed by atoms with Crippen LogP contribution in [0.15, 0.2) is 27.7 Å². The van der Waals surface area contributed by atoms with Crippen molar-refractivity contribution in [3.05, 3.63) is 34.7 Å². The van der Waals surface area contributed by atoms with Crippen LogP contribution >= 0.6 is 15.9 Å². The first kappa shape index (κ1) is 13.0. The molecule has 2 aromatic heterocycles. The van der Waals surface area contributed by atoms with Crippen molar-refractivity contribution in [2.45, 2.75) is 26.8 Å². The second-order valence-electron chi connectivity index (χ2n) is 4.46. The minimum atomic E-state index is -0.0337. The lowest BCUT2D eigenvalue weighted by Gasteiger charge is -2.07. The van der Waals surface area contributed by atoms with E-state index in [9.17, 15) is 4.79 Å². The third-order valence-corrected chi connectivity index (χ3v) is 3.08. The highest BCUT2D eigenvalue weighted by Crippen LogP contribution is 2.19. The largest absolute Gasteiger partial charge is 0.457 e. The number of carbonyl (C=O) groups excluding carboxylic acids is 1. The van der Waals surface area contributed by atoms with E-state index in [0.29, 0.717) is 22.0 Å². The van der Waals surface area contributed by atoms with Crippen molar-refractivity contribution in [1.82, 2.24) is 14.8 Å². The normalized spacial score (nSPS) is 11.1. The van der Waals surface area contributed by atoms with Gasteiger partial charge in [-0.05, 0) is 27.9 Å². The van der Waals surface area contributed by atoms with E-state index in [4.69, 9.17) is 4.42 Å². The zero-order valence-electron chi connectivity index (χ0n) is 10.3. The molecule has 0 N–H and O–H groups in total. The molecule has 0 radical (unpaired) electrons. The molecule has 0 spiro atoms. The van der Waals surface area contributed by atoms with Gasteiger partial charge in [0.2, 0.25) is 0 Å². The Morgan fingerprint density at radius 3 is 2.94 bits per heavy atom. The number of carbonyl (C=O) groups is 1. The molecular weight excluding hydrogens is 298 g/mol. The zero-order chi connectivity index (χ0) is 13.1. The minimum Gasteiger partial charge on any atom is -0.457 e. The zero-order valence-corrected chi connectivity index (χ0v) is 11.8. The average Bonchev–Trinajstić information content (AvgIpc) is 2.88. The van der Waals surface area contributed by atoms with Gasteiger partial charge in [-0.25, -0.2) is 9.67 Å². The molecule has 96 valence electrons. The summed E-state index contributed by atoms with van der Waals surface area (Å²) in [5, 5.41) is 4.13. The fourth-order valence-corrected chi connectivity index (χ4v) is 2.12. The summed E-state index contributed by atoms with van der Waals surface area (Å²) in [4.78, 5) is 16.2. The van der Waals surface area contributed by atoms with Crippen LogP contribution < -0.4 is 0 Å². The Bertz CT molecular complexity index is 545. The van der Waals surface area contributed by atoms with Crippen molar-refractivity contribution >= 4 is 21.7 Å². The minimum absolute atomic E-state index is 0.0337. The van der Waals surface area contributed by atoms with Gasteiger partial charge in [-0.2, -0.15) is 5.10 Å². The molecular formula is C12H14BrN3O2. The van der Waals surface area contributed by atoms with E-state index in [1.165, 1.54) is 12.6 Å². The quantitative estimate of drug-likeness (QED) is 0.797. The van der Waals surface area contributed by atoms with E-state index in [2.05, 4.69) is 39.9 Å². The molecule has 0 aliphatic heterocycles. The molecule has 0 saturated carbocycles. The van der Waals surface area contributed by atoms with Gasteiger partial charge in [0, 0.05) is 6.54 Å². The maximum absolute atomic E-state index is 12.1. The lowest BCUT2D eigenvalue weighted by atomic mass is 10.1. The summed E-state index contributed by atoms with van der Waals surface area (Å²) in [7, 11) is 0. The van der Waals surface area contributed by atoms with Crippen molar-refractivity contribution in [1.29, 1.82) is 0 Å². The van der Waals surface area contributed by atoms with Crippen LogP contribution in [0.3, 0.4) is 0 Å². The lowest BCUT2D eigenvalue weighted by molar-refractivity contribution is 0.0987. The molecule has 0 aliphatic rings. The van der Waals surface area contributed by atoms with Gasteiger partial charge in [0.05, 0.1) is 18.2 Å². The predicted molar refractivity (Wildman–Crippen MR) is 69.3 cm³/mol. The standard InChI is InChI=1S/C12H14BrN3O2/c1-8(2)6-16-11(14-7-15-16)5-10(17)9-3-4-18-12(9)13/h3-4,7-8H,5-6H2,1-2H3. The Balaban J connectivity index is 2.13. The first-order valence-electron chi connectivity index (χ1n) is 5.70. The Morgan fingerprint density at radius 1 is 1.56 bits per heavy atom. The predicted octanol–water partition coefficient (Wildman–Crippen LogP) is 2.72. The number of nitrogens with zero attached hydrogens (tertiary/aromatic N) is 3. The molecule has 0 aliphatic carbocycles. The van der Waals surface area contributed by atoms with E-state index >= 15 is 0 Å². The van der Waals surface area contributed by atoms with Crippen molar-refractivity contribution in [3.8, 4) is 0 Å². The van der Waals surface area contributed by atoms with Crippen molar-refractivity contribution in [2.75, 3.05) is 0 Å². The van der Waals surface area contributed by atoms with Gasteiger partial charge in [-0.15, -0.1) is 0 Å². The van der Waals surface area contributed by atoms with Crippen LogP contribution in [0, 0.1) is 5.92 Å². The molecule has 0 fully saturated rings. The monoisotopic (exact) mass is 311 g/mol. The molecule has 0 atom stereocenters. The summed E-state index contributed by atoms with van der Waals surface area (Å²) in [6, 6.07) is 1.65. The van der Waals surface area contributed by atoms with Crippen molar-refractivity contribution < 1.29 is 9.21 Å². The first-order valence-corrected chi connectivity index (χ1v) is 6.50. The molecule has 0 aromatic carbocycles. The smallest absolute Gasteiger partial charge is 0.179 e. The number of hydrogen-bond donors (Lipinski definition) is 0. The van der Waals surface area contributed by atoms with Gasteiger partial charge in [-0.1, -0.05) is 13.8 Å². The number of furan rings is 1. The third kappa shape index (κ3) is 2.87. The van der Waals surface area contributed by atoms with Crippen LogP contribution in [0.5, 0.6) is 0 Å². The van der Waals surface area contributed by atoms with E-state index in [0.717, 1.165) is 6.54 Å². The number of Topliss-reactive ketones (excluding diaryl/α,β-unsaturated/α-hetero) is 1. The topological polar surface area (TPSA) is 60.9 Å². The summed E-state index contributed by atoms with van der Waals surface area (Å²) in [5.74, 6) is 1.11. The van der Waals surface area contributed by atoms with Gasteiger partial charge >= 0.3 is 0 Å². The first-order chi connectivity index (χ1) is 8.58. The number of aromatic nitrogens is 3. The summed E-state index contributed by atoms with van der Waals surface area (Å²) >= 11 is 3.20. The van der Waals surface area contributed by atoms with Crippen molar-refractivity contribution in [2.24, 2.45) is 5.92 Å². The highest BCUT2D eigenvalue weighted by molar-refractivity contribution is 9.10. The Morgan fingerprint density at radius 2 is 2.33 bits per heavy atom. The Labute approximate surface area is 113 Å². The molecule has 2 aromatic rings. The number of rotatable bonds is 5. The summed E-state index contributed by atoms with van der Waals surface area (Å²) in [5.41, 5.74) is 0.536. The van der Waals surface area contributed by atoms with Crippen molar-refractivity contribution in [3.63, 3.8) is 0 Å². The average molecular weight is 312 g/mol. The Kier molecular flexibility index (Phi) is 3.96. The molecule has 0 unspecified atom stereocenters. The molecule has 0 amide bonds. The maximum atomic E-state index is 12.1. The second kappa shape index (κ2) is 5.48. The van der Waals surface area contributed by atoms with Gasteiger partial charge in [0.25, 0.3) is 0 Å². The van der Waals surface area contributed by atoms with Crippen LogP contribution in [0.25, 0.3) is 0 Å². The SMILES string of the molecule is CC(C)Cn1ncnc1CC(=O)c1ccoc1Br. The molecule has 2 heterocycles. The third-order valence-electron chi connectivity index (χ3n) is 2.47. The van der Waals surface area contributed by atoms with Gasteiger partial charge in [0.15, 0.2) is 10.5 Å². The molecule has 2 rings (SSSR count). The summed E-state index contributed by atoms with van der Waals surface area (Å²) < 4.78 is 7.29. The number of ketones is 1. The fraction of sp³-hybridized carbons (Fsp3) is 0.417. The fourth-order valence-electron chi connectivity index (χ4n) is 1.66. The second-order valence-corrected chi connectivity index (χ2v) is 5.18. The van der Waals surface area contributed by atoms with E-state index in [-0.39, 0.29) is 12.2 Å². The number of hydrogen-bond acceptors (Lipinski definition) is 4. The molecule has 0 saturated heterocycles. The maximum Gasteiger partial charge on any atom is 0.179 e. The Hall–Kier alpha value is -1.43. The molecule has 0 bridgehead atoms. The molecule has 5 nitrogen and oxygen atoms in total. The van der Waals surface area contributed by atoms with Crippen LogP contribution in [-0.4, -0.2) is 20.5 Å². The van der Waals surface area contributed by atoms with Gasteiger partial charge in [-0.3, -0.25) is 4.79 Å². The van der Waals surface area contributed by atoms with Crippen LogP contribution in [0.4, 0.5) is 0 Å². The van der Waals surface area contributed by atoms with Crippen LogP contribution in [0.1, 0.15) is 30.0 Å². The number of halogens is 1. The molecule has 6 heteroatoms. The van der Waals surface area contributed by atoms with Gasteiger partial charge < -0.3 is 4.42 Å². The highest BCUT2D eigenvalue weighted by atomic mass is 79.9. The van der Waals surface area contributed by atoms with Gasteiger partial charge in [0.1, 0.15) is 12.2 Å². The lowest BCUT2D eigenvalue weighted by Crippen LogP contribution is -2.14. The molecule has 18 heavy (non-hydrogen) atoms. The summed E-state index contributed by atoms with van der Waals surface area (Å²) in [6.45, 7) is 4.95. The van der Waals surface area contributed by atoms with E-state index in [1.54, 1.807) is 10.7 Å².